The van der Waals surface area contributed by atoms with Crippen LogP contribution in [0.3, 0.4) is 0 Å². The molecule has 0 unspecified atom stereocenters. The molecule has 0 bridgehead atoms. The molecular weight excluding hydrogens is 354 g/mol. The number of rotatable bonds is 4. The quantitative estimate of drug-likeness (QED) is 0.691. The molecule has 1 aliphatic heterocycles. The molecule has 0 aliphatic carbocycles. The molecule has 28 heavy (non-hydrogen) atoms. The Bertz CT molecular complexity index is 952. The molecule has 0 atom stereocenters. The number of hydrogen-bond donors (Lipinski definition) is 0. The van der Waals surface area contributed by atoms with Gasteiger partial charge in [-0.05, 0) is 31.9 Å². The summed E-state index contributed by atoms with van der Waals surface area (Å²) in [4.78, 5) is 14.9. The van der Waals surface area contributed by atoms with Crippen LogP contribution in [0.4, 0.5) is 0 Å². The van der Waals surface area contributed by atoms with Crippen molar-refractivity contribution in [3.63, 3.8) is 0 Å². The Labute approximate surface area is 164 Å². The lowest BCUT2D eigenvalue weighted by Crippen LogP contribution is -2.38. The van der Waals surface area contributed by atoms with Crippen LogP contribution in [0.1, 0.15) is 66.4 Å². The Hall–Kier alpha value is -2.96. The molecule has 0 saturated carbocycles. The number of piperidine rings is 1. The number of para-hydroxylation sites is 1. The van der Waals surface area contributed by atoms with Gasteiger partial charge in [0, 0.05) is 24.9 Å². The molecule has 1 saturated heterocycles. The Kier molecular flexibility index (Phi) is 4.98. The third-order valence-corrected chi connectivity index (χ3v) is 5.32. The molecule has 1 aromatic carbocycles. The second kappa shape index (κ2) is 7.58. The van der Waals surface area contributed by atoms with Crippen molar-refractivity contribution in [2.24, 2.45) is 0 Å². The lowest BCUT2D eigenvalue weighted by atomic mass is 9.96. The van der Waals surface area contributed by atoms with E-state index in [0.717, 1.165) is 24.2 Å². The van der Waals surface area contributed by atoms with E-state index in [1.165, 1.54) is 0 Å². The molecule has 0 N–H and O–H groups in total. The number of aromatic nitrogens is 4. The zero-order chi connectivity index (χ0) is 19.7. The van der Waals surface area contributed by atoms with Crippen LogP contribution >= 0.6 is 0 Å². The fourth-order valence-electron chi connectivity index (χ4n) is 3.59. The minimum atomic E-state index is 0.0338. The predicted molar refractivity (Wildman–Crippen MR) is 105 cm³/mol. The van der Waals surface area contributed by atoms with Crippen molar-refractivity contribution in [3.05, 3.63) is 59.6 Å². The number of hydrogen-bond acceptors (Lipinski definition) is 5. The highest BCUT2D eigenvalue weighted by molar-refractivity contribution is 5.95. The molecule has 2 aromatic heterocycles. The normalized spacial score (nSPS) is 15.4. The van der Waals surface area contributed by atoms with Crippen molar-refractivity contribution < 1.29 is 9.21 Å². The van der Waals surface area contributed by atoms with Gasteiger partial charge in [-0.15, -0.1) is 10.2 Å². The third-order valence-electron chi connectivity index (χ3n) is 5.32. The lowest BCUT2D eigenvalue weighted by Gasteiger charge is -2.30. The first-order valence-electron chi connectivity index (χ1n) is 9.77. The maximum Gasteiger partial charge on any atom is 0.257 e. The Morgan fingerprint density at radius 3 is 2.50 bits per heavy atom. The van der Waals surface area contributed by atoms with Gasteiger partial charge >= 0.3 is 0 Å². The van der Waals surface area contributed by atoms with E-state index in [4.69, 9.17) is 4.42 Å². The molecule has 1 aliphatic rings. The first kappa shape index (κ1) is 18.4. The standard InChI is InChI=1S/C21H25N5O2/c1-14(2)19-23-24-20(28-19)16-9-11-25(12-10-16)21(27)18-13-22-26(15(18)3)17-7-5-4-6-8-17/h4-8,13-14,16H,9-12H2,1-3H3. The summed E-state index contributed by atoms with van der Waals surface area (Å²) < 4.78 is 7.61. The number of carbonyl (C=O) groups is 1. The molecule has 1 fully saturated rings. The van der Waals surface area contributed by atoms with Crippen LogP contribution in [0.5, 0.6) is 0 Å². The summed E-state index contributed by atoms with van der Waals surface area (Å²) in [5.41, 5.74) is 2.47. The van der Waals surface area contributed by atoms with E-state index in [0.29, 0.717) is 30.4 Å². The first-order valence-corrected chi connectivity index (χ1v) is 9.77. The highest BCUT2D eigenvalue weighted by atomic mass is 16.4. The SMILES string of the molecule is Cc1c(C(=O)N2CCC(c3nnc(C(C)C)o3)CC2)cnn1-c1ccccc1. The summed E-state index contributed by atoms with van der Waals surface area (Å²) in [6.45, 7) is 7.37. The maximum atomic E-state index is 13.0. The van der Waals surface area contributed by atoms with Crippen LogP contribution in [-0.4, -0.2) is 43.9 Å². The van der Waals surface area contributed by atoms with E-state index in [-0.39, 0.29) is 17.7 Å². The highest BCUT2D eigenvalue weighted by Crippen LogP contribution is 2.29. The molecule has 1 amide bonds. The molecule has 0 radical (unpaired) electrons. The summed E-state index contributed by atoms with van der Waals surface area (Å²) in [5, 5.41) is 12.8. The average Bonchev–Trinajstić information content (AvgIpc) is 3.36. The van der Waals surface area contributed by atoms with Crippen molar-refractivity contribution in [2.45, 2.75) is 45.4 Å². The van der Waals surface area contributed by atoms with Gasteiger partial charge in [0.1, 0.15) is 0 Å². The van der Waals surface area contributed by atoms with Crippen molar-refractivity contribution in [2.75, 3.05) is 13.1 Å². The van der Waals surface area contributed by atoms with E-state index in [9.17, 15) is 4.79 Å². The van der Waals surface area contributed by atoms with Gasteiger partial charge in [-0.1, -0.05) is 32.0 Å². The number of amides is 1. The fourth-order valence-corrected chi connectivity index (χ4v) is 3.59. The molecular formula is C21H25N5O2. The second-order valence-corrected chi connectivity index (χ2v) is 7.59. The van der Waals surface area contributed by atoms with Gasteiger partial charge in [0.05, 0.1) is 23.1 Å². The van der Waals surface area contributed by atoms with Gasteiger partial charge in [-0.2, -0.15) is 5.10 Å². The van der Waals surface area contributed by atoms with Crippen molar-refractivity contribution >= 4 is 5.91 Å². The van der Waals surface area contributed by atoms with Gasteiger partial charge in [0.25, 0.3) is 5.91 Å². The average molecular weight is 379 g/mol. The zero-order valence-electron chi connectivity index (χ0n) is 16.5. The van der Waals surface area contributed by atoms with Crippen molar-refractivity contribution in [1.29, 1.82) is 0 Å². The van der Waals surface area contributed by atoms with E-state index in [2.05, 4.69) is 15.3 Å². The van der Waals surface area contributed by atoms with Gasteiger partial charge in [-0.3, -0.25) is 4.79 Å². The molecule has 7 nitrogen and oxygen atoms in total. The first-order chi connectivity index (χ1) is 13.5. The maximum absolute atomic E-state index is 13.0. The number of likely N-dealkylation sites (tertiary alicyclic amines) is 1. The predicted octanol–water partition coefficient (Wildman–Crippen LogP) is 3.71. The van der Waals surface area contributed by atoms with Gasteiger partial charge in [-0.25, -0.2) is 4.68 Å². The molecule has 7 heteroatoms. The number of benzene rings is 1. The van der Waals surface area contributed by atoms with Crippen LogP contribution in [0.2, 0.25) is 0 Å². The summed E-state index contributed by atoms with van der Waals surface area (Å²) in [7, 11) is 0. The number of nitrogens with zero attached hydrogens (tertiary/aromatic N) is 5. The highest BCUT2D eigenvalue weighted by Gasteiger charge is 2.29. The van der Waals surface area contributed by atoms with E-state index < -0.39 is 0 Å². The summed E-state index contributed by atoms with van der Waals surface area (Å²) in [6.07, 6.45) is 3.33. The Balaban J connectivity index is 1.44. The number of carbonyl (C=O) groups excluding carboxylic acids is 1. The molecule has 3 heterocycles. The Morgan fingerprint density at radius 1 is 1.14 bits per heavy atom. The second-order valence-electron chi connectivity index (χ2n) is 7.59. The Morgan fingerprint density at radius 2 is 1.86 bits per heavy atom. The monoisotopic (exact) mass is 379 g/mol. The summed E-state index contributed by atoms with van der Waals surface area (Å²) >= 11 is 0. The van der Waals surface area contributed by atoms with Crippen molar-refractivity contribution in [1.82, 2.24) is 24.9 Å². The molecule has 3 aromatic rings. The van der Waals surface area contributed by atoms with Crippen LogP contribution < -0.4 is 0 Å². The minimum absolute atomic E-state index is 0.0338. The largest absolute Gasteiger partial charge is 0.425 e. The van der Waals surface area contributed by atoms with Crippen LogP contribution in [-0.2, 0) is 0 Å². The fraction of sp³-hybridized carbons (Fsp3) is 0.429. The van der Waals surface area contributed by atoms with Crippen LogP contribution in [0, 0.1) is 6.92 Å². The lowest BCUT2D eigenvalue weighted by molar-refractivity contribution is 0.0705. The molecule has 0 spiro atoms. The molecule has 4 rings (SSSR count). The van der Waals surface area contributed by atoms with Gasteiger partial charge in [0.15, 0.2) is 0 Å². The third kappa shape index (κ3) is 3.44. The van der Waals surface area contributed by atoms with E-state index in [1.54, 1.807) is 6.20 Å². The smallest absolute Gasteiger partial charge is 0.257 e. The summed E-state index contributed by atoms with van der Waals surface area (Å²) in [5.74, 6) is 1.86. The van der Waals surface area contributed by atoms with E-state index in [1.807, 2.05) is 60.7 Å². The summed E-state index contributed by atoms with van der Waals surface area (Å²) in [6, 6.07) is 9.85. The van der Waals surface area contributed by atoms with Gasteiger partial charge < -0.3 is 9.32 Å². The van der Waals surface area contributed by atoms with Crippen LogP contribution in [0.15, 0.2) is 40.9 Å². The molecule has 146 valence electrons. The van der Waals surface area contributed by atoms with Gasteiger partial charge in [0.2, 0.25) is 11.8 Å². The van der Waals surface area contributed by atoms with Crippen LogP contribution in [0.25, 0.3) is 5.69 Å². The van der Waals surface area contributed by atoms with E-state index >= 15 is 0 Å². The minimum Gasteiger partial charge on any atom is -0.425 e. The van der Waals surface area contributed by atoms with Crippen molar-refractivity contribution in [3.8, 4) is 5.69 Å². The zero-order valence-corrected chi connectivity index (χ0v) is 16.5. The topological polar surface area (TPSA) is 77.1 Å².